The third-order valence-electron chi connectivity index (χ3n) is 6.77. The highest BCUT2D eigenvalue weighted by molar-refractivity contribution is 6.08. The smallest absolute Gasteiger partial charge is 0.321 e. The number of hydrazone groups is 1. The maximum absolute atomic E-state index is 13.8. The van der Waals surface area contributed by atoms with Gasteiger partial charge in [-0.25, -0.2) is 10.4 Å². The lowest BCUT2D eigenvalue weighted by Gasteiger charge is -2.27. The van der Waals surface area contributed by atoms with Gasteiger partial charge in [-0.2, -0.15) is 35.8 Å². The molecule has 0 aliphatic rings. The minimum atomic E-state index is -6.66. The highest BCUT2D eigenvalue weighted by Gasteiger charge is 2.76. The summed E-state index contributed by atoms with van der Waals surface area (Å²) in [5.74, 6) is -16.1. The summed E-state index contributed by atoms with van der Waals surface area (Å²) in [5.41, 5.74) is 6.33. The third kappa shape index (κ3) is 6.41. The maximum Gasteiger partial charge on any atom is 0.460 e. The quantitative estimate of drug-likeness (QED) is 0.121. The number of benzene rings is 3. The molecule has 0 bridgehead atoms. The number of fused-ring (bicyclic) bond motifs is 1. The van der Waals surface area contributed by atoms with Crippen LogP contribution in [0.4, 0.5) is 36.4 Å². The van der Waals surface area contributed by atoms with Crippen molar-refractivity contribution < 1.29 is 40.3 Å². The Morgan fingerprint density at radius 1 is 0.886 bits per heavy atom. The first-order valence-electron chi connectivity index (χ1n) is 13.1. The Hall–Kier alpha value is -4.81. The predicted octanol–water partition coefficient (Wildman–Crippen LogP) is 7.70. The van der Waals surface area contributed by atoms with Crippen LogP contribution in [-0.4, -0.2) is 40.5 Å². The fourth-order valence-electron chi connectivity index (χ4n) is 4.20. The minimum Gasteiger partial charge on any atom is -0.321 e. The van der Waals surface area contributed by atoms with Gasteiger partial charge in [-0.15, -0.1) is 0 Å². The molecule has 0 atom stereocenters. The highest BCUT2D eigenvalue weighted by atomic mass is 19.4. The summed E-state index contributed by atoms with van der Waals surface area (Å²) in [6.07, 6.45) is -5.80. The Kier molecular flexibility index (Phi) is 8.80. The van der Waals surface area contributed by atoms with Gasteiger partial charge in [0.15, 0.2) is 0 Å². The van der Waals surface area contributed by atoms with Crippen LogP contribution in [0, 0.1) is 6.92 Å². The molecule has 0 saturated carbocycles. The molecule has 44 heavy (non-hydrogen) atoms. The Bertz CT molecular complexity index is 1750. The Balaban J connectivity index is 1.59. The molecule has 0 unspecified atom stereocenters. The predicted molar refractivity (Wildman–Crippen MR) is 152 cm³/mol. The van der Waals surface area contributed by atoms with E-state index in [9.17, 15) is 40.3 Å². The van der Waals surface area contributed by atoms with E-state index in [1.54, 1.807) is 18.2 Å². The molecule has 6 nitrogen and oxygen atoms in total. The van der Waals surface area contributed by atoms with E-state index >= 15 is 0 Å². The lowest BCUT2D eigenvalue weighted by molar-refractivity contribution is -0.343. The number of carbonyl (C=O) groups is 2. The Labute approximate surface area is 247 Å². The molecule has 0 spiro atoms. The van der Waals surface area contributed by atoms with Crippen molar-refractivity contribution in [3.05, 3.63) is 95.1 Å². The van der Waals surface area contributed by atoms with E-state index in [1.807, 2.05) is 44.2 Å². The molecule has 1 aromatic heterocycles. The maximum atomic E-state index is 13.8. The fourth-order valence-corrected chi connectivity index (χ4v) is 4.20. The van der Waals surface area contributed by atoms with Crippen molar-refractivity contribution in [3.63, 3.8) is 0 Å². The van der Waals surface area contributed by atoms with Gasteiger partial charge in [0.1, 0.15) is 0 Å². The minimum absolute atomic E-state index is 0.103. The van der Waals surface area contributed by atoms with Gasteiger partial charge in [-0.3, -0.25) is 9.59 Å². The molecule has 2 amide bonds. The number of hydrogen-bond donors (Lipinski definition) is 2. The highest BCUT2D eigenvalue weighted by Crippen LogP contribution is 2.46. The van der Waals surface area contributed by atoms with Crippen molar-refractivity contribution in [3.8, 4) is 11.3 Å². The number of hydrogen-bond acceptors (Lipinski definition) is 4. The van der Waals surface area contributed by atoms with Crippen LogP contribution < -0.4 is 10.7 Å². The van der Waals surface area contributed by atoms with Crippen LogP contribution in [0.3, 0.4) is 0 Å². The summed E-state index contributed by atoms with van der Waals surface area (Å²) >= 11 is 0. The standard InChI is InChI=1S/C31H25F7N4O2/c1-4-19-9-11-20(12-10-19)26-16-24(23-14-17(2)8-13-25(23)40-26)27(43)42-41-18(3)21-6-5-7-22(15-21)39-28(44)29(32,33)30(34,35)31(36,37)38/h5-16H,4H2,1-3H3,(H,39,44)(H,42,43). The second-order valence-electron chi connectivity index (χ2n) is 9.95. The second-order valence-corrected chi connectivity index (χ2v) is 9.95. The molecule has 1 heterocycles. The van der Waals surface area contributed by atoms with Crippen molar-refractivity contribution in [1.29, 1.82) is 0 Å². The Morgan fingerprint density at radius 2 is 1.57 bits per heavy atom. The van der Waals surface area contributed by atoms with Crippen molar-refractivity contribution >= 4 is 34.1 Å². The van der Waals surface area contributed by atoms with Gasteiger partial charge in [0.2, 0.25) is 0 Å². The van der Waals surface area contributed by atoms with Crippen LogP contribution in [0.1, 0.15) is 40.9 Å². The van der Waals surface area contributed by atoms with Gasteiger partial charge in [0, 0.05) is 16.6 Å². The van der Waals surface area contributed by atoms with E-state index in [0.717, 1.165) is 35.2 Å². The topological polar surface area (TPSA) is 83.5 Å². The summed E-state index contributed by atoms with van der Waals surface area (Å²) in [5, 5.41) is 5.98. The number of carbonyl (C=O) groups excluding carboxylic acids is 2. The van der Waals surface area contributed by atoms with Crippen molar-refractivity contribution in [2.24, 2.45) is 5.10 Å². The summed E-state index contributed by atoms with van der Waals surface area (Å²) in [4.78, 5) is 29.8. The first-order chi connectivity index (χ1) is 20.5. The molecule has 0 aliphatic heterocycles. The largest absolute Gasteiger partial charge is 0.460 e. The number of aromatic nitrogens is 1. The zero-order chi connectivity index (χ0) is 32.4. The van der Waals surface area contributed by atoms with E-state index in [2.05, 4.69) is 10.5 Å². The van der Waals surface area contributed by atoms with E-state index < -0.39 is 35.5 Å². The molecule has 2 N–H and O–H groups in total. The van der Waals surface area contributed by atoms with Crippen molar-refractivity contribution in [2.45, 2.75) is 45.2 Å². The fraction of sp³-hybridized carbons (Fsp3) is 0.226. The first kappa shape index (κ1) is 32.1. The van der Waals surface area contributed by atoms with Gasteiger partial charge in [0.25, 0.3) is 5.91 Å². The molecule has 13 heteroatoms. The van der Waals surface area contributed by atoms with Gasteiger partial charge in [-0.1, -0.05) is 55.0 Å². The normalized spacial score (nSPS) is 12.7. The average Bonchev–Trinajstić information content (AvgIpc) is 2.98. The van der Waals surface area contributed by atoms with Crippen LogP contribution in [0.25, 0.3) is 22.2 Å². The van der Waals surface area contributed by atoms with Crippen molar-refractivity contribution in [1.82, 2.24) is 10.4 Å². The number of pyridine rings is 1. The van der Waals surface area contributed by atoms with Gasteiger partial charge < -0.3 is 5.32 Å². The zero-order valence-corrected chi connectivity index (χ0v) is 23.5. The monoisotopic (exact) mass is 618 g/mol. The lowest BCUT2D eigenvalue weighted by Crippen LogP contribution is -2.57. The SMILES string of the molecule is CCc1ccc(-c2cc(C(=O)NN=C(C)c3cccc(NC(=O)C(F)(F)C(F)(F)C(F)(F)F)c3)c3cc(C)ccc3n2)cc1. The van der Waals surface area contributed by atoms with Crippen LogP contribution >= 0.6 is 0 Å². The van der Waals surface area contributed by atoms with Crippen LogP contribution in [0.15, 0.2) is 77.9 Å². The van der Waals surface area contributed by atoms with E-state index in [1.165, 1.54) is 24.4 Å². The van der Waals surface area contributed by atoms with Crippen LogP contribution in [-0.2, 0) is 11.2 Å². The zero-order valence-electron chi connectivity index (χ0n) is 23.5. The number of nitrogens with one attached hydrogen (secondary N) is 2. The average molecular weight is 619 g/mol. The molecule has 4 rings (SSSR count). The summed E-state index contributed by atoms with van der Waals surface area (Å²) in [6.45, 7) is 5.30. The lowest BCUT2D eigenvalue weighted by atomic mass is 10.0. The van der Waals surface area contributed by atoms with E-state index in [-0.39, 0.29) is 16.8 Å². The molecule has 4 aromatic rings. The number of anilines is 1. The summed E-state index contributed by atoms with van der Waals surface area (Å²) in [6, 6.07) is 19.4. The third-order valence-corrected chi connectivity index (χ3v) is 6.77. The van der Waals surface area contributed by atoms with E-state index in [0.29, 0.717) is 16.6 Å². The second kappa shape index (κ2) is 12.1. The number of rotatable bonds is 8. The molecule has 3 aromatic carbocycles. The molecule has 0 saturated heterocycles. The molecule has 0 aliphatic carbocycles. The summed E-state index contributed by atoms with van der Waals surface area (Å²) < 4.78 is 91.4. The number of nitrogens with zero attached hydrogens (tertiary/aromatic N) is 2. The molecule has 0 radical (unpaired) electrons. The van der Waals surface area contributed by atoms with Gasteiger partial charge in [-0.05, 0) is 61.7 Å². The number of halogens is 7. The Morgan fingerprint density at radius 3 is 2.20 bits per heavy atom. The van der Waals surface area contributed by atoms with Gasteiger partial charge in [0.05, 0.1) is 22.5 Å². The molecule has 0 fully saturated rings. The molecular formula is C31H25F7N4O2. The van der Waals surface area contributed by atoms with Crippen LogP contribution in [0.2, 0.25) is 0 Å². The number of aryl methyl sites for hydroxylation is 2. The number of amides is 2. The van der Waals surface area contributed by atoms with Crippen LogP contribution in [0.5, 0.6) is 0 Å². The van der Waals surface area contributed by atoms with Crippen molar-refractivity contribution in [2.75, 3.05) is 5.32 Å². The van der Waals surface area contributed by atoms with E-state index in [4.69, 9.17) is 4.98 Å². The molecule has 230 valence electrons. The summed E-state index contributed by atoms with van der Waals surface area (Å²) in [7, 11) is 0. The van der Waals surface area contributed by atoms with Gasteiger partial charge >= 0.3 is 23.9 Å². The first-order valence-corrected chi connectivity index (χ1v) is 13.1. The molecular weight excluding hydrogens is 593 g/mol. The number of alkyl halides is 7.